The van der Waals surface area contributed by atoms with Gasteiger partial charge in [0.05, 0.1) is 5.56 Å². The van der Waals surface area contributed by atoms with Crippen LogP contribution in [-0.4, -0.2) is 5.78 Å². The summed E-state index contributed by atoms with van der Waals surface area (Å²) in [6, 6.07) is 4.92. The van der Waals surface area contributed by atoms with Crippen LogP contribution in [0.25, 0.3) is 6.08 Å². The second-order valence-corrected chi connectivity index (χ2v) is 7.17. The molecule has 1 atom stereocenters. The van der Waals surface area contributed by atoms with E-state index in [-0.39, 0.29) is 17.1 Å². The van der Waals surface area contributed by atoms with Gasteiger partial charge in [0.2, 0.25) is 0 Å². The van der Waals surface area contributed by atoms with Crippen molar-refractivity contribution < 1.29 is 18.0 Å². The van der Waals surface area contributed by atoms with Gasteiger partial charge in [-0.15, -0.1) is 0 Å². The van der Waals surface area contributed by atoms with Crippen molar-refractivity contribution in [1.29, 1.82) is 0 Å². The number of hydrogen-bond donors (Lipinski definition) is 0. The maximum atomic E-state index is 12.7. The number of alkyl halides is 3. The average molecular weight is 348 g/mol. The summed E-state index contributed by atoms with van der Waals surface area (Å²) in [7, 11) is 0. The number of allylic oxidation sites excluding steroid dienone is 5. The third-order valence-corrected chi connectivity index (χ3v) is 4.69. The first-order chi connectivity index (χ1) is 11.6. The van der Waals surface area contributed by atoms with Crippen molar-refractivity contribution in [1.82, 2.24) is 0 Å². The number of halogens is 3. The zero-order valence-corrected chi connectivity index (χ0v) is 14.7. The Labute approximate surface area is 146 Å². The fourth-order valence-corrected chi connectivity index (χ4v) is 3.23. The van der Waals surface area contributed by atoms with Gasteiger partial charge in [-0.1, -0.05) is 49.8 Å². The first-order valence-corrected chi connectivity index (χ1v) is 8.34. The van der Waals surface area contributed by atoms with Gasteiger partial charge in [0.25, 0.3) is 0 Å². The van der Waals surface area contributed by atoms with Gasteiger partial charge in [0.1, 0.15) is 0 Å². The third kappa shape index (κ3) is 5.18. The molecule has 0 saturated heterocycles. The largest absolute Gasteiger partial charge is 0.416 e. The van der Waals surface area contributed by atoms with E-state index in [4.69, 9.17) is 0 Å². The van der Waals surface area contributed by atoms with Crippen LogP contribution in [0.15, 0.2) is 54.1 Å². The number of rotatable bonds is 4. The summed E-state index contributed by atoms with van der Waals surface area (Å²) in [4.78, 5) is 12.0. The molecule has 25 heavy (non-hydrogen) atoms. The predicted molar refractivity (Wildman–Crippen MR) is 94.9 cm³/mol. The Kier molecular flexibility index (Phi) is 5.71. The van der Waals surface area contributed by atoms with Crippen LogP contribution in [-0.2, 0) is 11.0 Å². The number of carbonyl (C=O) groups excluding carboxylic acids is 1. The second kappa shape index (κ2) is 7.42. The maximum Gasteiger partial charge on any atom is 0.416 e. The van der Waals surface area contributed by atoms with Crippen molar-refractivity contribution >= 4 is 11.9 Å². The molecule has 1 aromatic rings. The highest BCUT2D eigenvalue weighted by atomic mass is 19.4. The molecule has 4 heteroatoms. The molecule has 1 nitrogen and oxygen atoms in total. The number of hydrogen-bond acceptors (Lipinski definition) is 1. The quantitative estimate of drug-likeness (QED) is 0.466. The fraction of sp³-hybridized carbons (Fsp3) is 0.381. The van der Waals surface area contributed by atoms with Crippen LogP contribution in [0, 0.1) is 11.3 Å². The summed E-state index contributed by atoms with van der Waals surface area (Å²) in [5.74, 6) is -0.0289. The van der Waals surface area contributed by atoms with E-state index in [1.54, 1.807) is 6.07 Å². The molecule has 0 saturated carbocycles. The minimum absolute atomic E-state index is 0.0976. The highest BCUT2D eigenvalue weighted by Gasteiger charge is 2.31. The maximum absolute atomic E-state index is 12.7. The van der Waals surface area contributed by atoms with E-state index in [2.05, 4.69) is 26.8 Å². The van der Waals surface area contributed by atoms with Crippen LogP contribution in [0.2, 0.25) is 0 Å². The van der Waals surface area contributed by atoms with Crippen molar-refractivity contribution in [3.05, 3.63) is 65.3 Å². The lowest BCUT2D eigenvalue weighted by atomic mass is 9.68. The molecular weight excluding hydrogens is 325 g/mol. The monoisotopic (exact) mass is 348 g/mol. The Balaban J connectivity index is 2.08. The molecule has 0 aromatic heterocycles. The Hall–Kier alpha value is -2.10. The molecule has 1 unspecified atom stereocenters. The normalized spacial score (nSPS) is 20.9. The third-order valence-electron chi connectivity index (χ3n) is 4.69. The Morgan fingerprint density at radius 1 is 1.24 bits per heavy atom. The smallest absolute Gasteiger partial charge is 0.290 e. The molecule has 1 aliphatic rings. The predicted octanol–water partition coefficient (Wildman–Crippen LogP) is 6.23. The first-order valence-electron chi connectivity index (χ1n) is 8.34. The Morgan fingerprint density at radius 3 is 2.60 bits per heavy atom. The summed E-state index contributed by atoms with van der Waals surface area (Å²) in [6.45, 7) is 6.43. The van der Waals surface area contributed by atoms with Crippen molar-refractivity contribution in [3.8, 4) is 0 Å². The van der Waals surface area contributed by atoms with Gasteiger partial charge in [-0.25, -0.2) is 0 Å². The van der Waals surface area contributed by atoms with Crippen LogP contribution in [0.4, 0.5) is 13.2 Å². The van der Waals surface area contributed by atoms with E-state index in [1.165, 1.54) is 29.9 Å². The van der Waals surface area contributed by atoms with Crippen LogP contribution < -0.4 is 0 Å². The van der Waals surface area contributed by atoms with Gasteiger partial charge in [-0.2, -0.15) is 13.2 Å². The Bertz CT molecular complexity index is 721. The standard InChI is InChI=1S/C21H23F3O/c1-15-6-5-13-20(2,3)19(15)12-11-18(25)10-9-16-7-4-8-17(14-16)21(22,23)24/h4,6-12,14,19H,5,13H2,1-3H3. The second-order valence-electron chi connectivity index (χ2n) is 7.17. The van der Waals surface area contributed by atoms with Crippen molar-refractivity contribution in [2.45, 2.75) is 39.8 Å². The SMILES string of the molecule is CC1=CCCC(C)(C)C1C=CC(=O)C=Cc1cccc(C(F)(F)F)c1. The fourth-order valence-electron chi connectivity index (χ4n) is 3.23. The zero-order chi connectivity index (χ0) is 18.7. The molecule has 0 amide bonds. The van der Waals surface area contributed by atoms with Gasteiger partial charge in [0, 0.05) is 5.92 Å². The number of carbonyl (C=O) groups is 1. The number of ketones is 1. The van der Waals surface area contributed by atoms with E-state index in [0.29, 0.717) is 5.56 Å². The highest BCUT2D eigenvalue weighted by molar-refractivity contribution is 6.02. The van der Waals surface area contributed by atoms with E-state index in [1.807, 2.05) is 6.08 Å². The lowest BCUT2D eigenvalue weighted by molar-refractivity contribution is -0.137. The molecule has 134 valence electrons. The van der Waals surface area contributed by atoms with Crippen molar-refractivity contribution in [2.24, 2.45) is 11.3 Å². The van der Waals surface area contributed by atoms with Gasteiger partial charge in [-0.3, -0.25) is 4.79 Å². The van der Waals surface area contributed by atoms with E-state index < -0.39 is 11.7 Å². The van der Waals surface area contributed by atoms with Gasteiger partial charge in [0.15, 0.2) is 5.78 Å². The molecule has 0 radical (unpaired) electrons. The molecule has 2 rings (SSSR count). The summed E-state index contributed by atoms with van der Waals surface area (Å²) in [6.07, 6.45) is 6.06. The van der Waals surface area contributed by atoms with E-state index >= 15 is 0 Å². The van der Waals surface area contributed by atoms with Crippen LogP contribution in [0.3, 0.4) is 0 Å². The summed E-state index contributed by atoms with van der Waals surface area (Å²) in [5, 5.41) is 0. The summed E-state index contributed by atoms with van der Waals surface area (Å²) >= 11 is 0. The molecule has 0 bridgehead atoms. The lowest BCUT2D eigenvalue weighted by Crippen LogP contribution is -2.26. The minimum Gasteiger partial charge on any atom is -0.290 e. The molecule has 0 N–H and O–H groups in total. The highest BCUT2D eigenvalue weighted by Crippen LogP contribution is 2.41. The van der Waals surface area contributed by atoms with Crippen molar-refractivity contribution in [2.75, 3.05) is 0 Å². The van der Waals surface area contributed by atoms with Gasteiger partial charge >= 0.3 is 6.18 Å². The zero-order valence-electron chi connectivity index (χ0n) is 14.7. The van der Waals surface area contributed by atoms with E-state index in [9.17, 15) is 18.0 Å². The molecule has 0 fully saturated rings. The lowest BCUT2D eigenvalue weighted by Gasteiger charge is -2.36. The average Bonchev–Trinajstić information content (AvgIpc) is 2.51. The molecule has 0 heterocycles. The summed E-state index contributed by atoms with van der Waals surface area (Å²) < 4.78 is 38.1. The molecule has 1 aromatic carbocycles. The Morgan fingerprint density at radius 2 is 1.96 bits per heavy atom. The minimum atomic E-state index is -4.38. The van der Waals surface area contributed by atoms with Crippen LogP contribution >= 0.6 is 0 Å². The van der Waals surface area contributed by atoms with Gasteiger partial charge in [-0.05, 0) is 55.0 Å². The topological polar surface area (TPSA) is 17.1 Å². The number of benzene rings is 1. The van der Waals surface area contributed by atoms with E-state index in [0.717, 1.165) is 25.0 Å². The van der Waals surface area contributed by atoms with Crippen molar-refractivity contribution in [3.63, 3.8) is 0 Å². The molecule has 1 aliphatic carbocycles. The van der Waals surface area contributed by atoms with Gasteiger partial charge < -0.3 is 0 Å². The molecule has 0 spiro atoms. The van der Waals surface area contributed by atoms with Crippen LogP contribution in [0.1, 0.15) is 44.7 Å². The van der Waals surface area contributed by atoms with Crippen LogP contribution in [0.5, 0.6) is 0 Å². The summed E-state index contributed by atoms with van der Waals surface area (Å²) in [5.41, 5.74) is 0.982. The molecular formula is C21H23F3O. The first kappa shape index (κ1) is 19.2. The molecule has 0 aliphatic heterocycles.